The molecule has 0 aromatic carbocycles. The van der Waals surface area contributed by atoms with Gasteiger partial charge in [-0.25, -0.2) is 0 Å². The number of carbonyl (C=O) groups is 5. The molecule has 12 atom stereocenters. The van der Waals surface area contributed by atoms with Crippen LogP contribution in [0.3, 0.4) is 0 Å². The van der Waals surface area contributed by atoms with Gasteiger partial charge in [0.05, 0.1) is 17.3 Å². The SMILES string of the molecule is CC(NC(=O)C12CCC(C(C)C)C1C1CCC3C4(C)C(C(=O)O)C(OC(=O)CC(C)(C)C(=O)O)C(C)(C)C4CCC3(C)C1(C)CC2)C(=O)O. The fourth-order valence-corrected chi connectivity index (χ4v) is 13.3. The summed E-state index contributed by atoms with van der Waals surface area (Å²) in [5.41, 5.74) is -3.70. The van der Waals surface area contributed by atoms with Crippen molar-refractivity contribution in [3.63, 3.8) is 0 Å². The highest BCUT2D eigenvalue weighted by atomic mass is 16.5. The van der Waals surface area contributed by atoms with E-state index in [1.807, 2.05) is 13.8 Å². The van der Waals surface area contributed by atoms with Crippen molar-refractivity contribution >= 4 is 29.8 Å². The standard InChI is InChI=1S/C39H61NO9/c1-20(2)22-13-16-39(32(46)40-21(3)30(42)43)18-17-36(8)23(27(22)39)11-12-25-37(36,9)15-14-24-35(6,7)29(28(31(44)45)38(24,25)10)49-26(41)19-34(4,5)33(47)48/h20-25,27-29H,11-19H2,1-10H3,(H,40,46)(H,42,43)(H,44,45)(H,47,48). The summed E-state index contributed by atoms with van der Waals surface area (Å²) in [6.07, 6.45) is 5.30. The van der Waals surface area contributed by atoms with Crippen molar-refractivity contribution in [1.29, 1.82) is 0 Å². The molecule has 5 aliphatic carbocycles. The second kappa shape index (κ2) is 12.0. The monoisotopic (exact) mass is 687 g/mol. The van der Waals surface area contributed by atoms with Crippen molar-refractivity contribution in [2.75, 3.05) is 0 Å². The van der Waals surface area contributed by atoms with Crippen LogP contribution in [0.1, 0.15) is 127 Å². The number of amides is 1. The molecular formula is C39H61NO9. The van der Waals surface area contributed by atoms with E-state index in [2.05, 4.69) is 39.9 Å². The van der Waals surface area contributed by atoms with Crippen molar-refractivity contribution in [2.24, 2.45) is 73.9 Å². The van der Waals surface area contributed by atoms with Crippen molar-refractivity contribution in [3.05, 3.63) is 0 Å². The van der Waals surface area contributed by atoms with E-state index in [9.17, 15) is 39.3 Å². The van der Waals surface area contributed by atoms with Crippen LogP contribution in [0.4, 0.5) is 0 Å². The first-order valence-electron chi connectivity index (χ1n) is 18.6. The van der Waals surface area contributed by atoms with E-state index in [0.717, 1.165) is 44.9 Å². The van der Waals surface area contributed by atoms with Gasteiger partial charge in [0.2, 0.25) is 5.91 Å². The zero-order valence-corrected chi connectivity index (χ0v) is 31.4. The molecule has 0 aromatic rings. The molecule has 276 valence electrons. The number of fused-ring (bicyclic) bond motifs is 7. The summed E-state index contributed by atoms with van der Waals surface area (Å²) >= 11 is 0. The summed E-state index contributed by atoms with van der Waals surface area (Å²) in [5, 5.41) is 33.1. The first-order chi connectivity index (χ1) is 22.4. The van der Waals surface area contributed by atoms with Gasteiger partial charge in [-0.2, -0.15) is 0 Å². The zero-order valence-electron chi connectivity index (χ0n) is 31.4. The molecule has 5 fully saturated rings. The maximum atomic E-state index is 14.2. The normalized spacial score (nSPS) is 43.0. The van der Waals surface area contributed by atoms with Crippen molar-refractivity contribution < 1.29 is 44.0 Å². The van der Waals surface area contributed by atoms with Crippen molar-refractivity contribution in [2.45, 2.75) is 139 Å². The molecule has 0 radical (unpaired) electrons. The molecule has 5 rings (SSSR count). The predicted octanol–water partition coefficient (Wildman–Crippen LogP) is 6.65. The second-order valence-electron chi connectivity index (χ2n) is 19.1. The van der Waals surface area contributed by atoms with Gasteiger partial charge in [-0.05, 0) is 124 Å². The molecule has 10 nitrogen and oxygen atoms in total. The Hall–Kier alpha value is -2.65. The molecule has 49 heavy (non-hydrogen) atoms. The second-order valence-corrected chi connectivity index (χ2v) is 19.1. The average molecular weight is 688 g/mol. The lowest BCUT2D eigenvalue weighted by Crippen LogP contribution is -2.66. The zero-order chi connectivity index (χ0) is 36.9. The minimum Gasteiger partial charge on any atom is -0.481 e. The number of hydrogen-bond acceptors (Lipinski definition) is 6. The largest absolute Gasteiger partial charge is 0.481 e. The number of carboxylic acid groups (broad SMARTS) is 3. The van der Waals surface area contributed by atoms with Crippen LogP contribution in [-0.2, 0) is 28.7 Å². The summed E-state index contributed by atoms with van der Waals surface area (Å²) in [5.74, 6) is -3.84. The van der Waals surface area contributed by atoms with Gasteiger partial charge in [-0.15, -0.1) is 0 Å². The summed E-state index contributed by atoms with van der Waals surface area (Å²) < 4.78 is 6.10. The third-order valence-corrected chi connectivity index (χ3v) is 16.0. The van der Waals surface area contributed by atoms with Crippen LogP contribution >= 0.6 is 0 Å². The summed E-state index contributed by atoms with van der Waals surface area (Å²) in [4.78, 5) is 64.4. The molecule has 4 N–H and O–H groups in total. The molecule has 5 aliphatic rings. The van der Waals surface area contributed by atoms with Gasteiger partial charge >= 0.3 is 23.9 Å². The Morgan fingerprint density at radius 1 is 0.816 bits per heavy atom. The Morgan fingerprint density at radius 3 is 2.00 bits per heavy atom. The third-order valence-electron chi connectivity index (χ3n) is 16.0. The van der Waals surface area contributed by atoms with E-state index in [0.29, 0.717) is 18.3 Å². The van der Waals surface area contributed by atoms with E-state index in [1.54, 1.807) is 0 Å². The molecule has 1 amide bonds. The minimum absolute atomic E-state index is 0.0227. The Balaban J connectivity index is 1.53. The van der Waals surface area contributed by atoms with Crippen LogP contribution < -0.4 is 5.32 Å². The van der Waals surface area contributed by atoms with Gasteiger partial charge in [0.1, 0.15) is 18.1 Å². The van der Waals surface area contributed by atoms with Crippen LogP contribution in [0.2, 0.25) is 0 Å². The first kappa shape index (κ1) is 37.6. The van der Waals surface area contributed by atoms with Gasteiger partial charge in [0, 0.05) is 5.41 Å². The number of esters is 1. The lowest BCUT2D eigenvalue weighted by molar-refractivity contribution is -0.227. The lowest BCUT2D eigenvalue weighted by Gasteiger charge is -2.70. The van der Waals surface area contributed by atoms with Crippen LogP contribution in [0.5, 0.6) is 0 Å². The molecule has 0 spiro atoms. The molecule has 0 heterocycles. The molecule has 0 saturated heterocycles. The highest BCUT2D eigenvalue weighted by molar-refractivity contribution is 5.88. The van der Waals surface area contributed by atoms with Crippen LogP contribution in [0, 0.1) is 73.9 Å². The lowest BCUT2D eigenvalue weighted by atomic mass is 9.33. The molecule has 12 unspecified atom stereocenters. The smallest absolute Gasteiger partial charge is 0.325 e. The van der Waals surface area contributed by atoms with Crippen molar-refractivity contribution in [1.82, 2.24) is 5.32 Å². The summed E-state index contributed by atoms with van der Waals surface area (Å²) in [6.45, 7) is 19.9. The molecule has 0 aromatic heterocycles. The molecule has 10 heteroatoms. The number of carbonyl (C=O) groups excluding carboxylic acids is 2. The maximum Gasteiger partial charge on any atom is 0.325 e. The third kappa shape index (κ3) is 5.25. The number of hydrogen-bond donors (Lipinski definition) is 4. The number of aliphatic carboxylic acids is 3. The van der Waals surface area contributed by atoms with E-state index >= 15 is 0 Å². The van der Waals surface area contributed by atoms with Crippen LogP contribution in [-0.4, -0.2) is 57.2 Å². The Morgan fingerprint density at radius 2 is 1.45 bits per heavy atom. The number of ether oxygens (including phenoxy) is 1. The topological polar surface area (TPSA) is 167 Å². The van der Waals surface area contributed by atoms with E-state index in [-0.39, 0.29) is 46.8 Å². The first-order valence-corrected chi connectivity index (χ1v) is 18.6. The summed E-state index contributed by atoms with van der Waals surface area (Å²) in [6, 6.07) is -0.965. The maximum absolute atomic E-state index is 14.2. The van der Waals surface area contributed by atoms with Crippen molar-refractivity contribution in [3.8, 4) is 0 Å². The van der Waals surface area contributed by atoms with Gasteiger partial charge < -0.3 is 25.4 Å². The fourth-order valence-electron chi connectivity index (χ4n) is 13.3. The van der Waals surface area contributed by atoms with E-state index in [1.165, 1.54) is 20.8 Å². The number of rotatable bonds is 9. The predicted molar refractivity (Wildman–Crippen MR) is 182 cm³/mol. The summed E-state index contributed by atoms with van der Waals surface area (Å²) in [7, 11) is 0. The van der Waals surface area contributed by atoms with Crippen LogP contribution in [0.15, 0.2) is 0 Å². The van der Waals surface area contributed by atoms with Crippen LogP contribution in [0.25, 0.3) is 0 Å². The minimum atomic E-state index is -1.34. The van der Waals surface area contributed by atoms with E-state index < -0.39 is 63.6 Å². The fraction of sp³-hybridized carbons (Fsp3) is 0.872. The van der Waals surface area contributed by atoms with Gasteiger partial charge in [-0.1, -0.05) is 48.5 Å². The Labute approximate surface area is 291 Å². The molecule has 5 saturated carbocycles. The Bertz CT molecular complexity index is 1400. The molecule has 0 bridgehead atoms. The van der Waals surface area contributed by atoms with E-state index in [4.69, 9.17) is 4.74 Å². The highest BCUT2D eigenvalue weighted by Crippen LogP contribution is 2.79. The number of nitrogens with one attached hydrogen (secondary N) is 1. The van der Waals surface area contributed by atoms with Gasteiger partial charge in [0.15, 0.2) is 0 Å². The number of carboxylic acids is 3. The highest BCUT2D eigenvalue weighted by Gasteiger charge is 2.76. The molecule has 0 aliphatic heterocycles. The Kier molecular flexibility index (Phi) is 9.18. The van der Waals surface area contributed by atoms with Gasteiger partial charge in [0.25, 0.3) is 0 Å². The molecular weight excluding hydrogens is 626 g/mol. The average Bonchev–Trinajstić information content (AvgIpc) is 3.45. The van der Waals surface area contributed by atoms with Gasteiger partial charge in [-0.3, -0.25) is 24.0 Å². The quantitative estimate of drug-likeness (QED) is 0.194.